The molecule has 0 aliphatic carbocycles. The van der Waals surface area contributed by atoms with Crippen LogP contribution in [0.2, 0.25) is 0 Å². The first-order chi connectivity index (χ1) is 1.73. The summed E-state index contributed by atoms with van der Waals surface area (Å²) in [5, 5.41) is 0. The van der Waals surface area contributed by atoms with E-state index < -0.39 is 8.34 Å². The Hall–Kier alpha value is 0.120. The molecule has 0 aromatic heterocycles. The summed E-state index contributed by atoms with van der Waals surface area (Å²) in [4.78, 5) is 6.94. The summed E-state index contributed by atoms with van der Waals surface area (Å²) >= 11 is 0. The summed E-state index contributed by atoms with van der Waals surface area (Å²) in [6, 6.07) is 0. The molecule has 2 nitrogen and oxygen atoms in total. The Balaban J connectivity index is 2.80. The molecule has 0 bridgehead atoms. The van der Waals surface area contributed by atoms with E-state index in [1.807, 2.05) is 0 Å². The lowest BCUT2D eigenvalue weighted by Crippen LogP contribution is -1.24. The standard InChI is InChI=1S/FH2O2P/c1-4(2)3/h4H,(H,2,3). The van der Waals surface area contributed by atoms with E-state index in [0.717, 1.165) is 0 Å². The minimum atomic E-state index is -3.63. The van der Waals surface area contributed by atoms with Crippen molar-refractivity contribution in [3.63, 3.8) is 0 Å². The molecule has 0 radical (unpaired) electrons. The molecule has 0 spiro atoms. The number of rotatable bonds is 0. The highest BCUT2D eigenvalue weighted by molar-refractivity contribution is 7.31. The van der Waals surface area contributed by atoms with Crippen LogP contribution in [-0.2, 0) is 4.57 Å². The van der Waals surface area contributed by atoms with Gasteiger partial charge in [-0.1, -0.05) is 0 Å². The van der Waals surface area contributed by atoms with Crippen LogP contribution in [0.3, 0.4) is 0 Å². The number of halogens is 1. The van der Waals surface area contributed by atoms with E-state index >= 15 is 0 Å². The summed E-state index contributed by atoms with van der Waals surface area (Å²) in [7, 11) is -3.63. The number of hydrogen-bond acceptors (Lipinski definition) is 1. The highest BCUT2D eigenvalue weighted by Crippen LogP contribution is 2.10. The molecule has 26 valence electrons. The number of hydrogen-bond donors (Lipinski definition) is 1. The second kappa shape index (κ2) is 1.44. The molecule has 0 rings (SSSR count). The summed E-state index contributed by atoms with van der Waals surface area (Å²) in [6.45, 7) is 0. The maximum atomic E-state index is 10.1. The molecule has 1 atom stereocenters. The molecule has 0 amide bonds. The van der Waals surface area contributed by atoms with Gasteiger partial charge in [-0.15, -0.1) is 0 Å². The van der Waals surface area contributed by atoms with Crippen molar-refractivity contribution in [3.8, 4) is 0 Å². The first-order valence-corrected chi connectivity index (χ1v) is 1.85. The first kappa shape index (κ1) is 4.12. The van der Waals surface area contributed by atoms with Crippen LogP contribution in [0.4, 0.5) is 4.20 Å². The van der Waals surface area contributed by atoms with Gasteiger partial charge in [-0.3, -0.25) is 4.57 Å². The van der Waals surface area contributed by atoms with Crippen LogP contribution in [0.25, 0.3) is 0 Å². The Kier molecular flexibility index (Phi) is 1.48. The van der Waals surface area contributed by atoms with E-state index in [1.54, 1.807) is 0 Å². The van der Waals surface area contributed by atoms with Gasteiger partial charge in [0.25, 0.3) is 0 Å². The van der Waals surface area contributed by atoms with Crippen LogP contribution < -0.4 is 0 Å². The van der Waals surface area contributed by atoms with Crippen molar-refractivity contribution in [2.75, 3.05) is 0 Å². The molecule has 0 aliphatic rings. The molecule has 4 heteroatoms. The van der Waals surface area contributed by atoms with Crippen molar-refractivity contribution in [2.45, 2.75) is 0 Å². The highest BCUT2D eigenvalue weighted by atomic mass is 31.2. The summed E-state index contributed by atoms with van der Waals surface area (Å²) in [5.74, 6) is 0. The van der Waals surface area contributed by atoms with Crippen molar-refractivity contribution in [3.05, 3.63) is 0 Å². The van der Waals surface area contributed by atoms with Crippen LogP contribution in [0.15, 0.2) is 0 Å². The minimum Gasteiger partial charge on any atom is -0.323 e. The fraction of sp³-hybridized carbons (Fsp3) is 0. The van der Waals surface area contributed by atoms with Gasteiger partial charge in [0, 0.05) is 0 Å². The van der Waals surface area contributed by atoms with Crippen molar-refractivity contribution >= 4 is 8.34 Å². The zero-order chi connectivity index (χ0) is 3.58. The smallest absolute Gasteiger partial charge is 0.323 e. The van der Waals surface area contributed by atoms with E-state index in [0.29, 0.717) is 0 Å². The third-order valence-electron chi connectivity index (χ3n) is 0. The van der Waals surface area contributed by atoms with Gasteiger partial charge in [0.2, 0.25) is 0 Å². The molecule has 0 saturated carbocycles. The monoisotopic (exact) mass is 84.0 g/mol. The summed E-state index contributed by atoms with van der Waals surface area (Å²) in [5.41, 5.74) is 0. The van der Waals surface area contributed by atoms with Crippen LogP contribution in [0.1, 0.15) is 0 Å². The fourth-order valence-electron chi connectivity index (χ4n) is 0. The zero-order valence-corrected chi connectivity index (χ0v) is 2.73. The predicted molar refractivity (Wildman–Crippen MR) is 12.3 cm³/mol. The van der Waals surface area contributed by atoms with Gasteiger partial charge in [-0.2, -0.15) is 4.20 Å². The van der Waals surface area contributed by atoms with Crippen LogP contribution in [-0.4, -0.2) is 4.89 Å². The second-order valence-corrected chi connectivity index (χ2v) is 0.759. The molecular formula is H2FO2P. The van der Waals surface area contributed by atoms with Crippen LogP contribution in [0, 0.1) is 0 Å². The van der Waals surface area contributed by atoms with E-state index in [-0.39, 0.29) is 0 Å². The normalized spacial score (nSPS) is 15.5. The summed E-state index contributed by atoms with van der Waals surface area (Å²) < 4.78 is 18.6. The molecule has 0 aromatic carbocycles. The van der Waals surface area contributed by atoms with E-state index in [9.17, 15) is 4.20 Å². The molecule has 0 fully saturated rings. The lowest BCUT2D eigenvalue weighted by Gasteiger charge is -1.56. The Labute approximate surface area is 23.2 Å². The third-order valence-corrected chi connectivity index (χ3v) is 0. The van der Waals surface area contributed by atoms with Crippen molar-refractivity contribution in [1.82, 2.24) is 0 Å². The SMILES string of the molecule is O=[PH](O)F. The van der Waals surface area contributed by atoms with Crippen LogP contribution in [0.5, 0.6) is 0 Å². The van der Waals surface area contributed by atoms with E-state index in [2.05, 4.69) is 0 Å². The minimum absolute atomic E-state index is 3.63. The Bertz CT molecular complexity index is 29.0. The maximum Gasteiger partial charge on any atom is 0.353 e. The lowest BCUT2D eigenvalue weighted by molar-refractivity contribution is 0.460. The molecular weight excluding hydrogens is 82.0 g/mol. The van der Waals surface area contributed by atoms with Gasteiger partial charge in [0.1, 0.15) is 0 Å². The van der Waals surface area contributed by atoms with Gasteiger partial charge in [-0.25, -0.2) is 0 Å². The van der Waals surface area contributed by atoms with Gasteiger partial charge in [0.05, 0.1) is 0 Å². The average Bonchev–Trinajstić information content (AvgIpc) is 0.811. The van der Waals surface area contributed by atoms with Crippen molar-refractivity contribution in [1.29, 1.82) is 0 Å². The predicted octanol–water partition coefficient (Wildman–Crippen LogP) is 0.338. The largest absolute Gasteiger partial charge is 0.353 e. The summed E-state index contributed by atoms with van der Waals surface area (Å²) in [6.07, 6.45) is 0. The Morgan fingerprint density at radius 3 is 2.00 bits per heavy atom. The maximum absolute atomic E-state index is 10.1. The van der Waals surface area contributed by atoms with E-state index in [1.165, 1.54) is 0 Å². The first-order valence-electron chi connectivity index (χ1n) is 0.617. The third kappa shape index (κ3) is 185. The molecule has 1 unspecified atom stereocenters. The Morgan fingerprint density at radius 1 is 2.00 bits per heavy atom. The quantitative estimate of drug-likeness (QED) is 0.429. The lowest BCUT2D eigenvalue weighted by atomic mass is 15.9. The van der Waals surface area contributed by atoms with Crippen LogP contribution >= 0.6 is 8.34 Å². The average molecular weight is 84.0 g/mol. The topological polar surface area (TPSA) is 37.3 Å². The molecule has 0 aromatic rings. The molecule has 1 N–H and O–H groups in total. The van der Waals surface area contributed by atoms with Crippen molar-refractivity contribution in [2.24, 2.45) is 0 Å². The zero-order valence-electron chi connectivity index (χ0n) is 1.73. The molecule has 0 aliphatic heterocycles. The van der Waals surface area contributed by atoms with Gasteiger partial charge in [-0.05, 0) is 0 Å². The van der Waals surface area contributed by atoms with Gasteiger partial charge < -0.3 is 4.89 Å². The van der Waals surface area contributed by atoms with Gasteiger partial charge >= 0.3 is 8.34 Å². The molecule has 4 heavy (non-hydrogen) atoms. The highest BCUT2D eigenvalue weighted by Gasteiger charge is 1.67. The van der Waals surface area contributed by atoms with Gasteiger partial charge in [0.15, 0.2) is 0 Å². The molecule has 0 heterocycles. The fourth-order valence-corrected chi connectivity index (χ4v) is 0. The Morgan fingerprint density at radius 2 is 2.00 bits per heavy atom. The van der Waals surface area contributed by atoms with E-state index in [4.69, 9.17) is 9.46 Å². The van der Waals surface area contributed by atoms with Crippen molar-refractivity contribution < 1.29 is 13.7 Å². The second-order valence-electron chi connectivity index (χ2n) is 0.253. The molecule has 0 saturated heterocycles.